The summed E-state index contributed by atoms with van der Waals surface area (Å²) in [6.45, 7) is 10.8. The summed E-state index contributed by atoms with van der Waals surface area (Å²) in [6, 6.07) is 18.8. The van der Waals surface area contributed by atoms with Gasteiger partial charge in [-0.25, -0.2) is 4.99 Å². The van der Waals surface area contributed by atoms with Crippen LogP contribution in [0.1, 0.15) is 51.8 Å². The highest BCUT2D eigenvalue weighted by Crippen LogP contribution is 2.40. The number of likely N-dealkylation sites (N-methyl/N-ethyl adjacent to an activating group) is 1. The fraction of sp³-hybridized carbons (Fsp3) is 0.303. The van der Waals surface area contributed by atoms with Gasteiger partial charge in [-0.05, 0) is 63.6 Å². The number of rotatable bonds is 8. The zero-order valence-electron chi connectivity index (χ0n) is 24.3. The van der Waals surface area contributed by atoms with Crippen LogP contribution in [0, 0.1) is 0 Å². The number of benzene rings is 3. The molecule has 0 saturated heterocycles. The van der Waals surface area contributed by atoms with E-state index in [1.54, 1.807) is 16.6 Å². The van der Waals surface area contributed by atoms with Gasteiger partial charge in [0.1, 0.15) is 17.5 Å². The molecule has 1 atom stereocenters. The molecule has 0 aliphatic carbocycles. The quantitative estimate of drug-likeness (QED) is 0.298. The number of aromatic nitrogens is 1. The summed E-state index contributed by atoms with van der Waals surface area (Å²) in [5, 5.41) is 1.91. The zero-order chi connectivity index (χ0) is 29.3. The number of carbonyl (C=O) groups is 1. The van der Waals surface area contributed by atoms with Crippen molar-refractivity contribution in [3.8, 4) is 11.5 Å². The van der Waals surface area contributed by atoms with Gasteiger partial charge in [0.2, 0.25) is 0 Å². The Morgan fingerprint density at radius 1 is 1.05 bits per heavy atom. The second kappa shape index (κ2) is 11.7. The second-order valence-corrected chi connectivity index (χ2v) is 11.2. The lowest BCUT2D eigenvalue weighted by Crippen LogP contribution is -2.43. The minimum atomic E-state index is -0.718. The molecule has 1 aliphatic heterocycles. The van der Waals surface area contributed by atoms with E-state index in [4.69, 9.17) is 14.5 Å². The number of carbonyl (C=O) groups excluding carboxylic acids is 1. The molecule has 1 amide bonds. The van der Waals surface area contributed by atoms with Crippen LogP contribution in [0.25, 0.3) is 16.8 Å². The molecule has 0 radical (unpaired) electrons. The SMILES string of the molecule is CCN(CC)C(=O)C1=C(C)N=c2s/c(=C/c3ccccc3OC(C)C)c(=O)n2[C@H]1c1c(OC)ccc2ccccc12. The third-order valence-corrected chi connectivity index (χ3v) is 8.28. The van der Waals surface area contributed by atoms with Crippen LogP contribution < -0.4 is 24.4 Å². The number of amides is 1. The number of ether oxygens (including phenoxy) is 2. The van der Waals surface area contributed by atoms with E-state index in [0.717, 1.165) is 21.9 Å². The van der Waals surface area contributed by atoms with E-state index in [1.807, 2.05) is 101 Å². The summed E-state index contributed by atoms with van der Waals surface area (Å²) in [5.41, 5.74) is 2.43. The third-order valence-electron chi connectivity index (χ3n) is 7.30. The Morgan fingerprint density at radius 3 is 2.46 bits per heavy atom. The van der Waals surface area contributed by atoms with Gasteiger partial charge in [-0.15, -0.1) is 0 Å². The Bertz CT molecular complexity index is 1830. The van der Waals surface area contributed by atoms with Crippen LogP contribution in [-0.2, 0) is 4.79 Å². The number of fused-ring (bicyclic) bond motifs is 2. The normalized spacial score (nSPS) is 15.2. The monoisotopic (exact) mass is 569 g/mol. The molecule has 2 heterocycles. The van der Waals surface area contributed by atoms with Crippen molar-refractivity contribution in [1.29, 1.82) is 0 Å². The number of hydrogen-bond donors (Lipinski definition) is 0. The summed E-state index contributed by atoms with van der Waals surface area (Å²) >= 11 is 1.31. The van der Waals surface area contributed by atoms with Gasteiger partial charge in [-0.3, -0.25) is 14.2 Å². The first kappa shape index (κ1) is 28.4. The van der Waals surface area contributed by atoms with Crippen molar-refractivity contribution >= 4 is 34.1 Å². The minimum Gasteiger partial charge on any atom is -0.496 e. The van der Waals surface area contributed by atoms with E-state index in [2.05, 4.69) is 0 Å². The van der Waals surface area contributed by atoms with E-state index < -0.39 is 6.04 Å². The second-order valence-electron chi connectivity index (χ2n) is 10.2. The molecule has 4 aromatic rings. The van der Waals surface area contributed by atoms with Crippen LogP contribution in [0.5, 0.6) is 11.5 Å². The molecule has 0 saturated carbocycles. The van der Waals surface area contributed by atoms with Crippen molar-refractivity contribution in [1.82, 2.24) is 9.47 Å². The first-order valence-corrected chi connectivity index (χ1v) is 14.7. The van der Waals surface area contributed by atoms with Crippen LogP contribution in [-0.4, -0.2) is 41.7 Å². The van der Waals surface area contributed by atoms with Crippen LogP contribution in [0.3, 0.4) is 0 Å². The van der Waals surface area contributed by atoms with Gasteiger partial charge in [0.25, 0.3) is 11.5 Å². The average Bonchev–Trinajstić information content (AvgIpc) is 3.27. The van der Waals surface area contributed by atoms with E-state index in [0.29, 0.717) is 45.2 Å². The zero-order valence-corrected chi connectivity index (χ0v) is 25.1. The Morgan fingerprint density at radius 2 is 1.76 bits per heavy atom. The Labute approximate surface area is 243 Å². The van der Waals surface area contributed by atoms with Crippen molar-refractivity contribution in [3.63, 3.8) is 0 Å². The number of allylic oxidation sites excluding steroid dienone is 1. The van der Waals surface area contributed by atoms with Crippen LogP contribution in [0.2, 0.25) is 0 Å². The standard InChI is InChI=1S/C33H35N3O4S/c1-7-35(8-2)32(38)28-21(5)34-33-36(30(28)29-24-15-11-9-13-22(24)17-18-26(29)39-6)31(37)27(41-33)19-23-14-10-12-16-25(23)40-20(3)4/h9-20,30H,7-8H2,1-6H3/b27-19+/t30-/m1/s1. The Balaban J connectivity index is 1.83. The lowest BCUT2D eigenvalue weighted by atomic mass is 9.90. The lowest BCUT2D eigenvalue weighted by Gasteiger charge is -2.30. The number of thiazole rings is 1. The maximum absolute atomic E-state index is 14.3. The summed E-state index contributed by atoms with van der Waals surface area (Å²) in [5.74, 6) is 1.17. The topological polar surface area (TPSA) is 73.1 Å². The van der Waals surface area contributed by atoms with Crippen molar-refractivity contribution in [2.24, 2.45) is 4.99 Å². The van der Waals surface area contributed by atoms with E-state index >= 15 is 0 Å². The summed E-state index contributed by atoms with van der Waals surface area (Å²) in [7, 11) is 1.62. The number of methoxy groups -OCH3 is 1. The van der Waals surface area contributed by atoms with Gasteiger partial charge >= 0.3 is 0 Å². The molecule has 3 aromatic carbocycles. The van der Waals surface area contributed by atoms with Crippen molar-refractivity contribution < 1.29 is 14.3 Å². The molecule has 1 aromatic heterocycles. The first-order valence-electron chi connectivity index (χ1n) is 13.9. The molecule has 0 unspecified atom stereocenters. The highest BCUT2D eigenvalue weighted by atomic mass is 32.1. The maximum atomic E-state index is 14.3. The van der Waals surface area contributed by atoms with Crippen LogP contribution in [0.15, 0.2) is 81.7 Å². The van der Waals surface area contributed by atoms with Gasteiger partial charge in [0, 0.05) is 24.2 Å². The van der Waals surface area contributed by atoms with Crippen LogP contribution in [0.4, 0.5) is 0 Å². The van der Waals surface area contributed by atoms with E-state index in [-0.39, 0.29) is 17.6 Å². The fourth-order valence-electron chi connectivity index (χ4n) is 5.39. The Kier molecular flexibility index (Phi) is 8.13. The molecule has 212 valence electrons. The van der Waals surface area contributed by atoms with Gasteiger partial charge in [0.05, 0.1) is 29.0 Å². The molecular weight excluding hydrogens is 534 g/mol. The van der Waals surface area contributed by atoms with E-state index in [1.165, 1.54) is 11.3 Å². The summed E-state index contributed by atoms with van der Waals surface area (Å²) in [6.07, 6.45) is 1.84. The lowest BCUT2D eigenvalue weighted by molar-refractivity contribution is -0.127. The fourth-order valence-corrected chi connectivity index (χ4v) is 6.42. The predicted octanol–water partition coefficient (Wildman–Crippen LogP) is 5.05. The maximum Gasteiger partial charge on any atom is 0.271 e. The molecule has 1 aliphatic rings. The molecular formula is C33H35N3O4S. The average molecular weight is 570 g/mol. The predicted molar refractivity (Wildman–Crippen MR) is 164 cm³/mol. The first-order chi connectivity index (χ1) is 19.8. The number of hydrogen-bond acceptors (Lipinski definition) is 6. The smallest absolute Gasteiger partial charge is 0.271 e. The number of para-hydroxylation sites is 1. The molecule has 41 heavy (non-hydrogen) atoms. The molecule has 7 nitrogen and oxygen atoms in total. The van der Waals surface area contributed by atoms with Crippen molar-refractivity contribution in [2.75, 3.05) is 20.2 Å². The largest absolute Gasteiger partial charge is 0.496 e. The third kappa shape index (κ3) is 5.20. The van der Waals surface area contributed by atoms with Gasteiger partial charge in [0.15, 0.2) is 4.80 Å². The molecule has 0 spiro atoms. The van der Waals surface area contributed by atoms with Gasteiger partial charge in [-0.2, -0.15) is 0 Å². The Hall–Kier alpha value is -4.17. The molecule has 8 heteroatoms. The van der Waals surface area contributed by atoms with Crippen molar-refractivity contribution in [3.05, 3.63) is 103 Å². The minimum absolute atomic E-state index is 0.0131. The van der Waals surface area contributed by atoms with Crippen LogP contribution >= 0.6 is 11.3 Å². The van der Waals surface area contributed by atoms with Crippen molar-refractivity contribution in [2.45, 2.75) is 46.8 Å². The molecule has 0 N–H and O–H groups in total. The highest BCUT2D eigenvalue weighted by Gasteiger charge is 2.36. The molecule has 0 fully saturated rings. The molecule has 5 rings (SSSR count). The highest BCUT2D eigenvalue weighted by molar-refractivity contribution is 7.07. The van der Waals surface area contributed by atoms with Gasteiger partial charge < -0.3 is 14.4 Å². The summed E-state index contributed by atoms with van der Waals surface area (Å²) in [4.78, 5) is 35.5. The summed E-state index contributed by atoms with van der Waals surface area (Å²) < 4.78 is 14.1. The molecule has 0 bridgehead atoms. The van der Waals surface area contributed by atoms with E-state index in [9.17, 15) is 9.59 Å². The van der Waals surface area contributed by atoms with Gasteiger partial charge in [-0.1, -0.05) is 59.9 Å². The number of nitrogens with zero attached hydrogens (tertiary/aromatic N) is 3.